The molecule has 0 bridgehead atoms. The molecule has 4 amide bonds. The summed E-state index contributed by atoms with van der Waals surface area (Å²) in [5.74, 6) is -0.449. The first kappa shape index (κ1) is 35.6. The Balaban J connectivity index is 1.19. The van der Waals surface area contributed by atoms with Crippen molar-refractivity contribution < 1.29 is 23.9 Å². The highest BCUT2D eigenvalue weighted by Gasteiger charge is 2.40. The summed E-state index contributed by atoms with van der Waals surface area (Å²) in [6.07, 6.45) is 3.28. The first-order valence-corrected chi connectivity index (χ1v) is 19.2. The summed E-state index contributed by atoms with van der Waals surface area (Å²) in [4.78, 5) is 45.1. The van der Waals surface area contributed by atoms with Crippen LogP contribution in [-0.4, -0.2) is 37.5 Å². The van der Waals surface area contributed by atoms with Crippen molar-refractivity contribution in [2.45, 2.75) is 38.2 Å². The Morgan fingerprint density at radius 1 is 0.815 bits per heavy atom. The van der Waals surface area contributed by atoms with Gasteiger partial charge in [0.15, 0.2) is 11.5 Å². The third kappa shape index (κ3) is 6.90. The molecular formula is C44H37BrClN3O5. The van der Waals surface area contributed by atoms with Crippen molar-refractivity contribution >= 4 is 62.8 Å². The molecule has 272 valence electrons. The average Bonchev–Trinajstić information content (AvgIpc) is 3.17. The second-order valence-electron chi connectivity index (χ2n) is 13.6. The van der Waals surface area contributed by atoms with Gasteiger partial charge in [-0.1, -0.05) is 84.4 Å². The molecule has 8 rings (SSSR count). The fourth-order valence-corrected chi connectivity index (χ4v) is 8.67. The number of amides is 4. The number of barbiturate groups is 1. The molecule has 0 saturated carbocycles. The van der Waals surface area contributed by atoms with E-state index in [1.807, 2.05) is 73.7 Å². The van der Waals surface area contributed by atoms with Gasteiger partial charge in [0.05, 0.1) is 16.8 Å². The number of anilines is 2. The lowest BCUT2D eigenvalue weighted by atomic mass is 9.76. The minimum absolute atomic E-state index is 0.0687. The van der Waals surface area contributed by atoms with Gasteiger partial charge in [-0.25, -0.2) is 9.69 Å². The number of urea groups is 1. The maximum atomic E-state index is 14.4. The molecule has 0 unspecified atom stereocenters. The number of imide groups is 2. The molecule has 3 aliphatic rings. The zero-order valence-electron chi connectivity index (χ0n) is 29.6. The molecule has 1 N–H and O–H groups in total. The summed E-state index contributed by atoms with van der Waals surface area (Å²) >= 11 is 9.78. The smallest absolute Gasteiger partial charge is 0.335 e. The van der Waals surface area contributed by atoms with E-state index in [2.05, 4.69) is 50.4 Å². The fraction of sp³-hybridized carbons (Fsp3) is 0.205. The van der Waals surface area contributed by atoms with Gasteiger partial charge in [-0.15, -0.1) is 0 Å². The maximum Gasteiger partial charge on any atom is 0.335 e. The zero-order chi connectivity index (χ0) is 37.3. The number of hydrogen-bond acceptors (Lipinski definition) is 6. The fourth-order valence-electron chi connectivity index (χ4n) is 7.88. The summed E-state index contributed by atoms with van der Waals surface area (Å²) in [6, 6.07) is 34.7. The van der Waals surface area contributed by atoms with Gasteiger partial charge in [0.2, 0.25) is 0 Å². The van der Waals surface area contributed by atoms with E-state index in [4.69, 9.17) is 21.1 Å². The number of nitrogens with one attached hydrogen (secondary N) is 1. The summed E-state index contributed by atoms with van der Waals surface area (Å²) < 4.78 is 12.7. The Bertz CT molecular complexity index is 2220. The van der Waals surface area contributed by atoms with Crippen LogP contribution in [0.15, 0.2) is 119 Å². The van der Waals surface area contributed by atoms with Crippen LogP contribution < -0.4 is 24.6 Å². The van der Waals surface area contributed by atoms with E-state index in [0.29, 0.717) is 38.9 Å². The van der Waals surface area contributed by atoms with E-state index in [9.17, 15) is 14.4 Å². The molecule has 1 saturated heterocycles. The van der Waals surface area contributed by atoms with Crippen molar-refractivity contribution in [3.8, 4) is 11.5 Å². The first-order chi connectivity index (χ1) is 26.3. The zero-order valence-corrected chi connectivity index (χ0v) is 31.9. The van der Waals surface area contributed by atoms with Crippen LogP contribution in [0.1, 0.15) is 65.0 Å². The average molecular weight is 803 g/mol. The Morgan fingerprint density at radius 2 is 1.46 bits per heavy atom. The Labute approximate surface area is 327 Å². The van der Waals surface area contributed by atoms with Crippen LogP contribution in [0.2, 0.25) is 5.02 Å². The molecule has 0 aromatic heterocycles. The van der Waals surface area contributed by atoms with Crippen LogP contribution in [0.5, 0.6) is 11.5 Å². The molecule has 8 nitrogen and oxygen atoms in total. The van der Waals surface area contributed by atoms with Crippen molar-refractivity contribution in [2.75, 3.05) is 29.5 Å². The molecule has 0 aliphatic carbocycles. The normalized spacial score (nSPS) is 18.7. The predicted molar refractivity (Wildman–Crippen MR) is 215 cm³/mol. The summed E-state index contributed by atoms with van der Waals surface area (Å²) in [5.41, 5.74) is 7.31. The molecule has 3 heterocycles. The third-order valence-electron chi connectivity index (χ3n) is 10.3. The van der Waals surface area contributed by atoms with Gasteiger partial charge in [-0.2, -0.15) is 0 Å². The summed E-state index contributed by atoms with van der Waals surface area (Å²) in [5, 5.41) is 3.04. The topological polar surface area (TPSA) is 88.2 Å². The first-order valence-electron chi connectivity index (χ1n) is 18.1. The van der Waals surface area contributed by atoms with Crippen LogP contribution in [0.3, 0.4) is 0 Å². The molecule has 1 fully saturated rings. The van der Waals surface area contributed by atoms with E-state index in [1.165, 1.54) is 22.9 Å². The monoisotopic (exact) mass is 801 g/mol. The highest BCUT2D eigenvalue weighted by Crippen LogP contribution is 2.50. The highest BCUT2D eigenvalue weighted by atomic mass is 79.9. The quantitative estimate of drug-likeness (QED) is 0.118. The Kier molecular flexibility index (Phi) is 10.0. The number of halogens is 2. The van der Waals surface area contributed by atoms with E-state index < -0.39 is 17.8 Å². The van der Waals surface area contributed by atoms with Crippen LogP contribution >= 0.6 is 27.5 Å². The van der Waals surface area contributed by atoms with Crippen LogP contribution in [0, 0.1) is 0 Å². The van der Waals surface area contributed by atoms with Crippen LogP contribution in [0.4, 0.5) is 16.2 Å². The van der Waals surface area contributed by atoms with Gasteiger partial charge in [0.25, 0.3) is 11.8 Å². The van der Waals surface area contributed by atoms with Gasteiger partial charge >= 0.3 is 6.03 Å². The molecule has 3 aliphatic heterocycles. The van der Waals surface area contributed by atoms with Gasteiger partial charge in [-0.05, 0) is 112 Å². The molecule has 2 atom stereocenters. The summed E-state index contributed by atoms with van der Waals surface area (Å²) in [6.45, 7) is 4.28. The molecule has 0 radical (unpaired) electrons. The highest BCUT2D eigenvalue weighted by molar-refractivity contribution is 9.10. The number of rotatable bonds is 9. The van der Waals surface area contributed by atoms with Gasteiger partial charge in [0, 0.05) is 35.6 Å². The number of carbonyl (C=O) groups is 3. The van der Waals surface area contributed by atoms with Gasteiger partial charge in [-0.3, -0.25) is 14.9 Å². The summed E-state index contributed by atoms with van der Waals surface area (Å²) in [7, 11) is 0. The Hall–Kier alpha value is -5.38. The van der Waals surface area contributed by atoms with Crippen molar-refractivity contribution in [1.29, 1.82) is 0 Å². The van der Waals surface area contributed by atoms with E-state index in [0.717, 1.165) is 47.5 Å². The lowest BCUT2D eigenvalue weighted by Gasteiger charge is -2.44. The second-order valence-corrected chi connectivity index (χ2v) is 14.9. The van der Waals surface area contributed by atoms with Crippen LogP contribution in [0.25, 0.3) is 6.08 Å². The molecule has 5 aromatic carbocycles. The van der Waals surface area contributed by atoms with Crippen LogP contribution in [-0.2, 0) is 16.2 Å². The maximum absolute atomic E-state index is 14.4. The van der Waals surface area contributed by atoms with Crippen molar-refractivity contribution in [1.82, 2.24) is 5.32 Å². The van der Waals surface area contributed by atoms with Gasteiger partial charge < -0.3 is 14.4 Å². The van der Waals surface area contributed by atoms with Crippen molar-refractivity contribution in [3.63, 3.8) is 0 Å². The SMILES string of the molecule is CCOc1cc(/C=C2\C(=O)NC(=O)N(c3cc4c5c(c3)[C@H](c3ccccc3)CCN5CC[C@H]4c3ccccc3)C2=O)cc(Br)c1OCc1cccc(Cl)c1. The standard InChI is InChI=1S/C44H37BrClN3O5/c1-2-53-39-23-28(22-38(45)41(39)54-26-27-10-9-15-31(46)20-27)21-37-42(50)47-44(52)49(43(37)51)32-24-35-33(29-11-5-3-6-12-29)16-18-48-19-17-34(36(25-32)40(35)48)30-13-7-4-8-14-30/h3-15,20-25,33-34H,2,16-19,26H2,1H3,(H,47,50,52)/b37-21+/t33-,34-/m0/s1. The van der Waals surface area contributed by atoms with E-state index >= 15 is 0 Å². The minimum atomic E-state index is -0.786. The molecular weight excluding hydrogens is 766 g/mol. The lowest BCUT2D eigenvalue weighted by molar-refractivity contribution is -0.122. The molecule has 5 aromatic rings. The molecule has 54 heavy (non-hydrogen) atoms. The number of benzene rings is 5. The number of ether oxygens (including phenoxy) is 2. The minimum Gasteiger partial charge on any atom is -0.490 e. The predicted octanol–water partition coefficient (Wildman–Crippen LogP) is 9.62. The molecule has 10 heteroatoms. The van der Waals surface area contributed by atoms with Gasteiger partial charge in [0.1, 0.15) is 12.2 Å². The number of carbonyl (C=O) groups excluding carboxylic acids is 3. The molecule has 0 spiro atoms. The van der Waals surface area contributed by atoms with Crippen molar-refractivity contribution in [3.05, 3.63) is 158 Å². The third-order valence-corrected chi connectivity index (χ3v) is 11.1. The lowest BCUT2D eigenvalue weighted by Crippen LogP contribution is -2.54. The number of nitrogens with zero attached hydrogens (tertiary/aromatic N) is 2. The number of hydrogen-bond donors (Lipinski definition) is 1. The van der Waals surface area contributed by atoms with E-state index in [-0.39, 0.29) is 24.0 Å². The largest absolute Gasteiger partial charge is 0.490 e. The second kappa shape index (κ2) is 15.2. The van der Waals surface area contributed by atoms with Crippen molar-refractivity contribution in [2.24, 2.45) is 0 Å². The Morgan fingerprint density at radius 3 is 2.07 bits per heavy atom. The van der Waals surface area contributed by atoms with E-state index in [1.54, 1.807) is 18.2 Å².